The lowest BCUT2D eigenvalue weighted by Crippen LogP contribution is -2.36. The molecule has 4 aromatic rings. The van der Waals surface area contributed by atoms with E-state index in [0.717, 1.165) is 27.9 Å². The Morgan fingerprint density at radius 2 is 1.68 bits per heavy atom. The zero-order chi connectivity index (χ0) is 26.5. The molecule has 0 saturated heterocycles. The molecule has 5 rings (SSSR count). The van der Waals surface area contributed by atoms with Crippen LogP contribution in [-0.2, 0) is 17.8 Å². The summed E-state index contributed by atoms with van der Waals surface area (Å²) in [6.07, 6.45) is 2.43. The van der Waals surface area contributed by atoms with Crippen LogP contribution in [-0.4, -0.2) is 18.4 Å². The summed E-state index contributed by atoms with van der Waals surface area (Å²) in [5.74, 6) is 0.495. The Morgan fingerprint density at radius 1 is 0.921 bits per heavy atom. The van der Waals surface area contributed by atoms with Gasteiger partial charge in [0, 0.05) is 17.1 Å². The van der Waals surface area contributed by atoms with E-state index in [-0.39, 0.29) is 17.6 Å². The summed E-state index contributed by atoms with van der Waals surface area (Å²) in [6.45, 7) is 2.99. The molecular formula is C32H27ClN2O3. The Kier molecular flexibility index (Phi) is 7.57. The van der Waals surface area contributed by atoms with Crippen molar-refractivity contribution in [1.82, 2.24) is 5.32 Å². The van der Waals surface area contributed by atoms with Crippen molar-refractivity contribution < 1.29 is 14.3 Å². The minimum absolute atomic E-state index is 0.151. The first kappa shape index (κ1) is 25.3. The third-order valence-corrected chi connectivity index (χ3v) is 6.59. The van der Waals surface area contributed by atoms with Crippen molar-refractivity contribution in [2.45, 2.75) is 19.9 Å². The number of hydrogen-bond acceptors (Lipinski definition) is 3. The quantitative estimate of drug-likeness (QED) is 0.279. The number of amides is 2. The monoisotopic (exact) mass is 522 g/mol. The average molecular weight is 523 g/mol. The summed E-state index contributed by atoms with van der Waals surface area (Å²) in [5.41, 5.74) is 5.34. The highest BCUT2D eigenvalue weighted by atomic mass is 35.5. The molecule has 1 heterocycles. The number of halogens is 1. The Hall–Kier alpha value is -4.35. The maximum Gasteiger partial charge on any atom is 0.294 e. The number of aryl methyl sites for hydroxylation is 1. The number of anilines is 1. The second-order valence-corrected chi connectivity index (χ2v) is 9.65. The summed E-state index contributed by atoms with van der Waals surface area (Å²) < 4.78 is 6.00. The first-order chi connectivity index (χ1) is 18.5. The van der Waals surface area contributed by atoms with Crippen LogP contribution in [0.5, 0.6) is 5.75 Å². The molecule has 1 aliphatic heterocycles. The van der Waals surface area contributed by atoms with Crippen molar-refractivity contribution in [2.24, 2.45) is 0 Å². The topological polar surface area (TPSA) is 58.6 Å². The fraction of sp³-hybridized carbons (Fsp3) is 0.125. The molecule has 5 nitrogen and oxygen atoms in total. The van der Waals surface area contributed by atoms with E-state index in [4.69, 9.17) is 16.3 Å². The van der Waals surface area contributed by atoms with Crippen LogP contribution in [0.2, 0.25) is 5.02 Å². The number of ether oxygens (including phenoxy) is 1. The Morgan fingerprint density at radius 3 is 2.45 bits per heavy atom. The number of carbonyl (C=O) groups excluding carboxylic acids is 2. The van der Waals surface area contributed by atoms with Gasteiger partial charge in [0.1, 0.15) is 0 Å². The van der Waals surface area contributed by atoms with E-state index in [1.807, 2.05) is 85.8 Å². The van der Waals surface area contributed by atoms with Crippen LogP contribution in [0.4, 0.5) is 5.69 Å². The van der Waals surface area contributed by atoms with Crippen molar-refractivity contribution in [3.8, 4) is 5.75 Å². The molecule has 6 heteroatoms. The number of benzene rings is 4. The molecule has 4 aromatic carbocycles. The Labute approximate surface area is 227 Å². The number of nitrogens with one attached hydrogen (secondary N) is 1. The second-order valence-electron chi connectivity index (χ2n) is 9.21. The first-order valence-corrected chi connectivity index (χ1v) is 12.8. The molecule has 1 N–H and O–H groups in total. The van der Waals surface area contributed by atoms with Crippen molar-refractivity contribution in [3.05, 3.63) is 136 Å². The number of rotatable bonds is 7. The molecule has 190 valence electrons. The molecule has 0 radical (unpaired) electrons. The van der Waals surface area contributed by atoms with Gasteiger partial charge in [0.05, 0.1) is 12.2 Å². The molecule has 1 aliphatic rings. The molecule has 0 atom stereocenters. The molecule has 0 unspecified atom stereocenters. The molecule has 2 amide bonds. The van der Waals surface area contributed by atoms with Crippen LogP contribution in [0.3, 0.4) is 0 Å². The van der Waals surface area contributed by atoms with Gasteiger partial charge in [0.25, 0.3) is 11.8 Å². The highest BCUT2D eigenvalue weighted by Crippen LogP contribution is 2.36. The van der Waals surface area contributed by atoms with Crippen LogP contribution in [0.15, 0.2) is 103 Å². The van der Waals surface area contributed by atoms with Gasteiger partial charge in [-0.1, -0.05) is 77.8 Å². The summed E-state index contributed by atoms with van der Waals surface area (Å²) in [5, 5.41) is 3.63. The Balaban J connectivity index is 1.29. The van der Waals surface area contributed by atoms with Crippen molar-refractivity contribution in [2.75, 3.05) is 11.4 Å². The van der Waals surface area contributed by atoms with Gasteiger partial charge in [0.15, 0.2) is 11.5 Å². The third kappa shape index (κ3) is 5.96. The standard InChI is InChI=1S/C32H27ClN2O3/c1-22-5-4-6-25(19-22)21-35-28-7-2-3-8-29(28)38-30(32(35)37)20-24-9-13-26(14-10-24)31(36)34-18-17-23-11-15-27(33)16-12-23/h2-16,19-20H,17-18,21H2,1H3,(H,34,36). The normalized spacial score (nSPS) is 13.7. The molecule has 0 bridgehead atoms. The molecular weight excluding hydrogens is 496 g/mol. The number of hydrogen-bond donors (Lipinski definition) is 1. The van der Waals surface area contributed by atoms with Crippen LogP contribution in [0.25, 0.3) is 6.08 Å². The second kappa shape index (κ2) is 11.4. The lowest BCUT2D eigenvalue weighted by atomic mass is 10.1. The lowest BCUT2D eigenvalue weighted by Gasteiger charge is -2.30. The number of para-hydroxylation sites is 2. The van der Waals surface area contributed by atoms with E-state index in [0.29, 0.717) is 35.8 Å². The van der Waals surface area contributed by atoms with E-state index in [9.17, 15) is 9.59 Å². The van der Waals surface area contributed by atoms with E-state index in [1.54, 1.807) is 23.1 Å². The van der Waals surface area contributed by atoms with Crippen LogP contribution in [0, 0.1) is 6.92 Å². The van der Waals surface area contributed by atoms with Crippen LogP contribution < -0.4 is 15.0 Å². The van der Waals surface area contributed by atoms with E-state index < -0.39 is 0 Å². The van der Waals surface area contributed by atoms with E-state index >= 15 is 0 Å². The molecule has 0 spiro atoms. The predicted molar refractivity (Wildman–Crippen MR) is 151 cm³/mol. The molecule has 38 heavy (non-hydrogen) atoms. The summed E-state index contributed by atoms with van der Waals surface area (Å²) in [4.78, 5) is 27.8. The van der Waals surface area contributed by atoms with Crippen molar-refractivity contribution in [1.29, 1.82) is 0 Å². The highest BCUT2D eigenvalue weighted by molar-refractivity contribution is 6.30. The maximum absolute atomic E-state index is 13.5. The smallest absolute Gasteiger partial charge is 0.294 e. The molecule has 0 fully saturated rings. The largest absolute Gasteiger partial charge is 0.449 e. The van der Waals surface area contributed by atoms with E-state index in [1.165, 1.54) is 0 Å². The minimum Gasteiger partial charge on any atom is -0.449 e. The predicted octanol–water partition coefficient (Wildman–Crippen LogP) is 6.59. The van der Waals surface area contributed by atoms with Crippen molar-refractivity contribution >= 4 is 35.2 Å². The molecule has 0 aromatic heterocycles. The van der Waals surface area contributed by atoms with Gasteiger partial charge in [-0.2, -0.15) is 0 Å². The van der Waals surface area contributed by atoms with Gasteiger partial charge >= 0.3 is 0 Å². The van der Waals surface area contributed by atoms with Crippen LogP contribution >= 0.6 is 11.6 Å². The maximum atomic E-state index is 13.5. The fourth-order valence-electron chi connectivity index (χ4n) is 4.37. The van der Waals surface area contributed by atoms with E-state index in [2.05, 4.69) is 11.4 Å². The van der Waals surface area contributed by atoms with Crippen molar-refractivity contribution in [3.63, 3.8) is 0 Å². The van der Waals surface area contributed by atoms with Gasteiger partial charge in [-0.25, -0.2) is 0 Å². The number of fused-ring (bicyclic) bond motifs is 1. The summed E-state index contributed by atoms with van der Waals surface area (Å²) >= 11 is 5.92. The SMILES string of the molecule is Cc1cccc(CN2C(=O)C(=Cc3ccc(C(=O)NCCc4ccc(Cl)cc4)cc3)Oc3ccccc32)c1. The number of carbonyl (C=O) groups is 2. The van der Waals surface area contributed by atoms with Gasteiger partial charge in [-0.15, -0.1) is 0 Å². The third-order valence-electron chi connectivity index (χ3n) is 6.34. The van der Waals surface area contributed by atoms with Crippen LogP contribution in [0.1, 0.15) is 32.6 Å². The van der Waals surface area contributed by atoms with Gasteiger partial charge < -0.3 is 10.1 Å². The van der Waals surface area contributed by atoms with Gasteiger partial charge in [0.2, 0.25) is 0 Å². The first-order valence-electron chi connectivity index (χ1n) is 12.4. The summed E-state index contributed by atoms with van der Waals surface area (Å²) in [7, 11) is 0. The zero-order valence-corrected chi connectivity index (χ0v) is 21.7. The molecule has 0 aliphatic carbocycles. The fourth-order valence-corrected chi connectivity index (χ4v) is 4.49. The lowest BCUT2D eigenvalue weighted by molar-refractivity contribution is -0.117. The average Bonchev–Trinajstić information content (AvgIpc) is 2.92. The van der Waals surface area contributed by atoms with Gasteiger partial charge in [-0.3, -0.25) is 14.5 Å². The Bertz CT molecular complexity index is 1490. The zero-order valence-electron chi connectivity index (χ0n) is 21.0. The highest BCUT2D eigenvalue weighted by Gasteiger charge is 2.30. The molecule has 0 saturated carbocycles. The summed E-state index contributed by atoms with van der Waals surface area (Å²) in [6, 6.07) is 30.3. The number of nitrogens with zero attached hydrogens (tertiary/aromatic N) is 1. The minimum atomic E-state index is -0.214. The van der Waals surface area contributed by atoms with Gasteiger partial charge in [-0.05, 0) is 72.5 Å².